The Morgan fingerprint density at radius 2 is 2.16 bits per heavy atom. The lowest BCUT2D eigenvalue weighted by atomic mass is 9.78. The molecule has 3 heterocycles. The van der Waals surface area contributed by atoms with Crippen molar-refractivity contribution in [2.45, 2.75) is 63.1 Å². The molecule has 0 bridgehead atoms. The van der Waals surface area contributed by atoms with Crippen LogP contribution in [-0.2, 0) is 11.3 Å². The summed E-state index contributed by atoms with van der Waals surface area (Å²) >= 11 is 0. The van der Waals surface area contributed by atoms with Crippen LogP contribution in [0.25, 0.3) is 5.65 Å². The van der Waals surface area contributed by atoms with E-state index in [0.717, 1.165) is 43.8 Å². The molecule has 0 aromatic carbocycles. The Labute approximate surface area is 147 Å². The first-order valence-corrected chi connectivity index (χ1v) is 9.21. The molecule has 1 aliphatic carbocycles. The number of nitrogens with zero attached hydrogens (tertiary/aromatic N) is 3. The van der Waals surface area contributed by atoms with Gasteiger partial charge in [0.15, 0.2) is 11.5 Å². The predicted octanol–water partition coefficient (Wildman–Crippen LogP) is 2.41. The van der Waals surface area contributed by atoms with Gasteiger partial charge in [-0.25, -0.2) is 4.79 Å². The minimum Gasteiger partial charge on any atom is -0.375 e. The lowest BCUT2D eigenvalue weighted by molar-refractivity contribution is -0.107. The molecule has 0 unspecified atom stereocenters. The zero-order chi connectivity index (χ0) is 17.1. The van der Waals surface area contributed by atoms with E-state index in [-0.39, 0.29) is 17.7 Å². The van der Waals surface area contributed by atoms with Crippen LogP contribution in [0.3, 0.4) is 0 Å². The second-order valence-corrected chi connectivity index (χ2v) is 7.15. The molecule has 2 N–H and O–H groups in total. The number of hydrogen-bond acceptors (Lipinski definition) is 4. The summed E-state index contributed by atoms with van der Waals surface area (Å²) in [5.41, 5.74) is 0.779. The van der Waals surface area contributed by atoms with Gasteiger partial charge in [0.25, 0.3) is 0 Å². The third kappa shape index (κ3) is 3.61. The fourth-order valence-electron chi connectivity index (χ4n) is 4.10. The highest BCUT2D eigenvalue weighted by Gasteiger charge is 2.38. The Morgan fingerprint density at radius 1 is 1.28 bits per heavy atom. The molecule has 2 aromatic rings. The molecule has 2 aromatic heterocycles. The predicted molar refractivity (Wildman–Crippen MR) is 93.1 cm³/mol. The highest BCUT2D eigenvalue weighted by Crippen LogP contribution is 2.38. The monoisotopic (exact) mass is 343 g/mol. The van der Waals surface area contributed by atoms with Crippen molar-refractivity contribution in [3.8, 4) is 0 Å². The third-order valence-electron chi connectivity index (χ3n) is 5.38. The number of carbonyl (C=O) groups excluding carboxylic acids is 1. The SMILES string of the molecule is O=C(NCc1nnc2ccccn12)N[C@H]1CCOC2(CCCCC2)C1. The van der Waals surface area contributed by atoms with E-state index >= 15 is 0 Å². The molecule has 1 atom stereocenters. The molecule has 2 aliphatic rings. The second kappa shape index (κ2) is 7.00. The van der Waals surface area contributed by atoms with E-state index < -0.39 is 0 Å². The first-order valence-electron chi connectivity index (χ1n) is 9.21. The first-order chi connectivity index (χ1) is 12.2. The smallest absolute Gasteiger partial charge is 0.315 e. The first kappa shape index (κ1) is 16.3. The van der Waals surface area contributed by atoms with Gasteiger partial charge >= 0.3 is 6.03 Å². The number of urea groups is 1. The van der Waals surface area contributed by atoms with Crippen LogP contribution in [-0.4, -0.2) is 38.9 Å². The summed E-state index contributed by atoms with van der Waals surface area (Å²) in [7, 11) is 0. The average Bonchev–Trinajstić information content (AvgIpc) is 3.04. The van der Waals surface area contributed by atoms with Gasteiger partial charge in [-0.05, 0) is 37.8 Å². The van der Waals surface area contributed by atoms with Gasteiger partial charge in [-0.2, -0.15) is 0 Å². The molecule has 1 spiro atoms. The Balaban J connectivity index is 1.31. The van der Waals surface area contributed by atoms with Crippen molar-refractivity contribution in [1.29, 1.82) is 0 Å². The molecular formula is C18H25N5O2. The van der Waals surface area contributed by atoms with Gasteiger partial charge in [-0.1, -0.05) is 25.3 Å². The van der Waals surface area contributed by atoms with Crippen molar-refractivity contribution < 1.29 is 9.53 Å². The maximum atomic E-state index is 12.3. The van der Waals surface area contributed by atoms with Crippen LogP contribution in [0, 0.1) is 0 Å². The molecular weight excluding hydrogens is 318 g/mol. The van der Waals surface area contributed by atoms with Crippen molar-refractivity contribution in [3.05, 3.63) is 30.2 Å². The molecule has 1 aliphatic heterocycles. The number of pyridine rings is 1. The van der Waals surface area contributed by atoms with Crippen LogP contribution in [0.1, 0.15) is 50.8 Å². The molecule has 134 valence electrons. The second-order valence-electron chi connectivity index (χ2n) is 7.15. The van der Waals surface area contributed by atoms with E-state index in [2.05, 4.69) is 20.8 Å². The fourth-order valence-corrected chi connectivity index (χ4v) is 4.10. The maximum Gasteiger partial charge on any atom is 0.315 e. The average molecular weight is 343 g/mol. The largest absolute Gasteiger partial charge is 0.375 e. The fraction of sp³-hybridized carbons (Fsp3) is 0.611. The molecule has 1 saturated heterocycles. The topological polar surface area (TPSA) is 80.6 Å². The van der Waals surface area contributed by atoms with Crippen LogP contribution in [0.2, 0.25) is 0 Å². The van der Waals surface area contributed by atoms with Crippen molar-refractivity contribution in [2.24, 2.45) is 0 Å². The van der Waals surface area contributed by atoms with E-state index in [1.54, 1.807) is 0 Å². The van der Waals surface area contributed by atoms with Gasteiger partial charge in [0.1, 0.15) is 0 Å². The van der Waals surface area contributed by atoms with E-state index in [1.165, 1.54) is 19.3 Å². The number of hydrogen-bond donors (Lipinski definition) is 2. The van der Waals surface area contributed by atoms with E-state index in [0.29, 0.717) is 6.54 Å². The van der Waals surface area contributed by atoms with Gasteiger partial charge in [0.05, 0.1) is 12.1 Å². The molecule has 2 amide bonds. The minimum absolute atomic E-state index is 0.00233. The van der Waals surface area contributed by atoms with Gasteiger partial charge in [0.2, 0.25) is 0 Å². The number of aromatic nitrogens is 3. The number of ether oxygens (including phenoxy) is 1. The van der Waals surface area contributed by atoms with Crippen LogP contribution in [0.4, 0.5) is 4.79 Å². The normalized spacial score (nSPS) is 22.8. The number of rotatable bonds is 3. The summed E-state index contributed by atoms with van der Waals surface area (Å²) in [5, 5.41) is 14.2. The maximum absolute atomic E-state index is 12.3. The zero-order valence-corrected chi connectivity index (χ0v) is 14.4. The third-order valence-corrected chi connectivity index (χ3v) is 5.38. The van der Waals surface area contributed by atoms with Gasteiger partial charge in [0, 0.05) is 18.8 Å². The van der Waals surface area contributed by atoms with Gasteiger partial charge < -0.3 is 15.4 Å². The summed E-state index contributed by atoms with van der Waals surface area (Å²) in [6.45, 7) is 1.09. The molecule has 1 saturated carbocycles. The van der Waals surface area contributed by atoms with Crippen molar-refractivity contribution in [1.82, 2.24) is 25.2 Å². The molecule has 7 heteroatoms. The Bertz CT molecular complexity index is 732. The highest BCUT2D eigenvalue weighted by molar-refractivity contribution is 5.74. The molecule has 4 rings (SSSR count). The quantitative estimate of drug-likeness (QED) is 0.897. The summed E-state index contributed by atoms with van der Waals surface area (Å²) in [5.74, 6) is 0.724. The van der Waals surface area contributed by atoms with Crippen LogP contribution in [0.5, 0.6) is 0 Å². The minimum atomic E-state index is -0.148. The van der Waals surface area contributed by atoms with E-state index in [9.17, 15) is 4.79 Å². The Morgan fingerprint density at radius 3 is 3.04 bits per heavy atom. The summed E-state index contributed by atoms with van der Waals surface area (Å²) < 4.78 is 7.97. The van der Waals surface area contributed by atoms with Gasteiger partial charge in [-0.3, -0.25) is 4.40 Å². The summed E-state index contributed by atoms with van der Waals surface area (Å²) in [6, 6.07) is 5.76. The molecule has 7 nitrogen and oxygen atoms in total. The van der Waals surface area contributed by atoms with E-state index in [1.807, 2.05) is 28.8 Å². The van der Waals surface area contributed by atoms with Crippen molar-refractivity contribution in [2.75, 3.05) is 6.61 Å². The lowest BCUT2D eigenvalue weighted by Crippen LogP contribution is -2.51. The Kier molecular flexibility index (Phi) is 4.57. The molecule has 2 fully saturated rings. The Hall–Kier alpha value is -2.15. The van der Waals surface area contributed by atoms with Crippen molar-refractivity contribution >= 4 is 11.7 Å². The summed E-state index contributed by atoms with van der Waals surface area (Å²) in [4.78, 5) is 12.3. The number of carbonyl (C=O) groups is 1. The number of nitrogens with one attached hydrogen (secondary N) is 2. The highest BCUT2D eigenvalue weighted by atomic mass is 16.5. The standard InChI is InChI=1S/C18H25N5O2/c24-17(19-13-16-22-21-15-6-2-5-10-23(15)16)20-14-7-11-25-18(12-14)8-3-1-4-9-18/h2,5-6,10,14H,1,3-4,7-9,11-13H2,(H2,19,20,24)/t14-/m0/s1. The molecule has 0 radical (unpaired) electrons. The molecule has 25 heavy (non-hydrogen) atoms. The van der Waals surface area contributed by atoms with Crippen LogP contribution < -0.4 is 10.6 Å². The van der Waals surface area contributed by atoms with Crippen LogP contribution in [0.15, 0.2) is 24.4 Å². The number of amides is 2. The summed E-state index contributed by atoms with van der Waals surface area (Å²) in [6.07, 6.45) is 9.72. The lowest BCUT2D eigenvalue weighted by Gasteiger charge is -2.43. The van der Waals surface area contributed by atoms with Gasteiger partial charge in [-0.15, -0.1) is 10.2 Å². The van der Waals surface area contributed by atoms with Crippen molar-refractivity contribution in [3.63, 3.8) is 0 Å². The number of fused-ring (bicyclic) bond motifs is 1. The van der Waals surface area contributed by atoms with E-state index in [4.69, 9.17) is 4.74 Å². The van der Waals surface area contributed by atoms with Crippen LogP contribution >= 0.6 is 0 Å². The zero-order valence-electron chi connectivity index (χ0n) is 14.4.